The van der Waals surface area contributed by atoms with Crippen LogP contribution in [-0.4, -0.2) is 29.2 Å². The number of aryl methyl sites for hydroxylation is 1. The normalized spacial score (nSPS) is 16.3. The molecule has 0 bridgehead atoms. The molecular weight excluding hydrogens is 336 g/mol. The van der Waals surface area contributed by atoms with E-state index in [4.69, 9.17) is 9.72 Å². The molecular formula is C22H24N4O. The largest absolute Gasteiger partial charge is 0.376 e. The maximum atomic E-state index is 5.71. The summed E-state index contributed by atoms with van der Waals surface area (Å²) in [6.07, 6.45) is 2.48. The van der Waals surface area contributed by atoms with Gasteiger partial charge >= 0.3 is 0 Å². The molecule has 27 heavy (non-hydrogen) atoms. The van der Waals surface area contributed by atoms with Crippen LogP contribution in [0.3, 0.4) is 0 Å². The minimum atomic E-state index is 0.258. The van der Waals surface area contributed by atoms with Crippen molar-refractivity contribution in [3.8, 4) is 11.3 Å². The molecule has 1 aliphatic rings. The van der Waals surface area contributed by atoms with Gasteiger partial charge in [-0.3, -0.25) is 0 Å². The van der Waals surface area contributed by atoms with E-state index in [0.717, 1.165) is 48.8 Å². The number of nitrogens with zero attached hydrogens (tertiary/aromatic N) is 2. The Balaban J connectivity index is 1.60. The molecule has 1 aromatic heterocycles. The maximum Gasteiger partial charge on any atom is 0.229 e. The van der Waals surface area contributed by atoms with E-state index in [9.17, 15) is 0 Å². The van der Waals surface area contributed by atoms with Crippen molar-refractivity contribution in [2.24, 2.45) is 0 Å². The minimum Gasteiger partial charge on any atom is -0.376 e. The second-order valence-electron chi connectivity index (χ2n) is 6.84. The lowest BCUT2D eigenvalue weighted by Crippen LogP contribution is -2.19. The highest BCUT2D eigenvalue weighted by Crippen LogP contribution is 2.23. The molecule has 1 unspecified atom stereocenters. The van der Waals surface area contributed by atoms with Crippen molar-refractivity contribution >= 4 is 17.5 Å². The highest BCUT2D eigenvalue weighted by molar-refractivity contribution is 5.66. The number of ether oxygens (including phenoxy) is 1. The van der Waals surface area contributed by atoms with Crippen LogP contribution >= 0.6 is 0 Å². The van der Waals surface area contributed by atoms with Crippen LogP contribution in [0.5, 0.6) is 0 Å². The van der Waals surface area contributed by atoms with Gasteiger partial charge in [0.05, 0.1) is 11.8 Å². The van der Waals surface area contributed by atoms with Crippen LogP contribution in [0.1, 0.15) is 18.4 Å². The zero-order valence-corrected chi connectivity index (χ0v) is 15.5. The van der Waals surface area contributed by atoms with Crippen LogP contribution in [0, 0.1) is 6.92 Å². The molecule has 0 amide bonds. The van der Waals surface area contributed by atoms with Gasteiger partial charge in [-0.25, -0.2) is 4.98 Å². The van der Waals surface area contributed by atoms with Crippen molar-refractivity contribution in [1.29, 1.82) is 0 Å². The van der Waals surface area contributed by atoms with Gasteiger partial charge < -0.3 is 15.4 Å². The van der Waals surface area contributed by atoms with Crippen molar-refractivity contribution < 1.29 is 4.74 Å². The van der Waals surface area contributed by atoms with Gasteiger partial charge in [-0.15, -0.1) is 0 Å². The first-order valence-electron chi connectivity index (χ1n) is 9.40. The summed E-state index contributed by atoms with van der Waals surface area (Å²) < 4.78 is 5.71. The Labute approximate surface area is 159 Å². The van der Waals surface area contributed by atoms with E-state index >= 15 is 0 Å². The number of benzene rings is 2. The lowest BCUT2D eigenvalue weighted by molar-refractivity contribution is 0.120. The summed E-state index contributed by atoms with van der Waals surface area (Å²) in [5.41, 5.74) is 4.14. The van der Waals surface area contributed by atoms with Crippen LogP contribution in [0.15, 0.2) is 60.7 Å². The Bertz CT molecular complexity index is 875. The number of hydrogen-bond acceptors (Lipinski definition) is 5. The van der Waals surface area contributed by atoms with Crippen molar-refractivity contribution in [1.82, 2.24) is 9.97 Å². The summed E-state index contributed by atoms with van der Waals surface area (Å²) in [6.45, 7) is 3.68. The molecule has 1 fully saturated rings. The van der Waals surface area contributed by atoms with Gasteiger partial charge in [0, 0.05) is 30.5 Å². The van der Waals surface area contributed by atoms with E-state index in [1.807, 2.05) is 36.4 Å². The molecule has 5 heteroatoms. The van der Waals surface area contributed by atoms with E-state index in [-0.39, 0.29) is 6.10 Å². The lowest BCUT2D eigenvalue weighted by Gasteiger charge is -2.14. The van der Waals surface area contributed by atoms with Crippen LogP contribution in [0.25, 0.3) is 11.3 Å². The molecule has 2 aromatic carbocycles. The highest BCUT2D eigenvalue weighted by atomic mass is 16.5. The Kier molecular flexibility index (Phi) is 5.30. The van der Waals surface area contributed by atoms with Crippen LogP contribution < -0.4 is 10.6 Å². The van der Waals surface area contributed by atoms with E-state index in [0.29, 0.717) is 5.95 Å². The first-order valence-corrected chi connectivity index (χ1v) is 9.40. The quantitative estimate of drug-likeness (QED) is 0.662. The molecule has 2 N–H and O–H groups in total. The minimum absolute atomic E-state index is 0.258. The molecule has 1 atom stereocenters. The SMILES string of the molecule is Cc1ccc(Nc2nc(NCC3CCCO3)cc(-c3ccccc3)n2)cc1. The van der Waals surface area contributed by atoms with E-state index in [2.05, 4.69) is 46.8 Å². The second kappa shape index (κ2) is 8.18. The molecule has 1 aliphatic heterocycles. The van der Waals surface area contributed by atoms with Gasteiger partial charge in [-0.05, 0) is 31.9 Å². The smallest absolute Gasteiger partial charge is 0.229 e. The fourth-order valence-corrected chi connectivity index (χ4v) is 3.14. The Morgan fingerprint density at radius 3 is 2.59 bits per heavy atom. The molecule has 0 spiro atoms. The summed E-state index contributed by atoms with van der Waals surface area (Å²) in [6, 6.07) is 20.4. The van der Waals surface area contributed by atoms with Crippen LogP contribution in [0.2, 0.25) is 0 Å². The van der Waals surface area contributed by atoms with Gasteiger partial charge in [0.25, 0.3) is 0 Å². The number of rotatable bonds is 6. The summed E-state index contributed by atoms with van der Waals surface area (Å²) in [5, 5.41) is 6.73. The van der Waals surface area contributed by atoms with Gasteiger partial charge in [0.2, 0.25) is 5.95 Å². The third-order valence-corrected chi connectivity index (χ3v) is 4.64. The van der Waals surface area contributed by atoms with Crippen LogP contribution in [-0.2, 0) is 4.74 Å². The summed E-state index contributed by atoms with van der Waals surface area (Å²) in [5.74, 6) is 1.38. The molecule has 138 valence electrons. The number of hydrogen-bond donors (Lipinski definition) is 2. The number of anilines is 3. The standard InChI is InChI=1S/C22H24N4O/c1-16-9-11-18(12-10-16)24-22-25-20(17-6-3-2-4-7-17)14-21(26-22)23-15-19-8-5-13-27-19/h2-4,6-7,9-12,14,19H,5,8,13,15H2,1H3,(H2,23,24,25,26). The number of aromatic nitrogens is 2. The van der Waals surface area contributed by atoms with Gasteiger partial charge in [-0.2, -0.15) is 4.98 Å². The van der Waals surface area contributed by atoms with Gasteiger partial charge in [-0.1, -0.05) is 48.0 Å². The highest BCUT2D eigenvalue weighted by Gasteiger charge is 2.16. The third kappa shape index (κ3) is 4.63. The first-order chi connectivity index (χ1) is 13.3. The predicted octanol–water partition coefficient (Wildman–Crippen LogP) is 4.79. The fourth-order valence-electron chi connectivity index (χ4n) is 3.14. The summed E-state index contributed by atoms with van der Waals surface area (Å²) in [4.78, 5) is 9.36. The van der Waals surface area contributed by atoms with Gasteiger partial charge in [0.15, 0.2) is 0 Å². The Morgan fingerprint density at radius 2 is 1.85 bits per heavy atom. The lowest BCUT2D eigenvalue weighted by atomic mass is 10.1. The van der Waals surface area contributed by atoms with E-state index in [1.165, 1.54) is 5.56 Å². The predicted molar refractivity (Wildman–Crippen MR) is 109 cm³/mol. The molecule has 3 aromatic rings. The van der Waals surface area contributed by atoms with E-state index in [1.54, 1.807) is 0 Å². The fraction of sp³-hybridized carbons (Fsp3) is 0.273. The average molecular weight is 360 g/mol. The van der Waals surface area contributed by atoms with Gasteiger partial charge in [0.1, 0.15) is 5.82 Å². The zero-order chi connectivity index (χ0) is 18.5. The van der Waals surface area contributed by atoms with Crippen LogP contribution in [0.4, 0.5) is 17.5 Å². The summed E-state index contributed by atoms with van der Waals surface area (Å²) >= 11 is 0. The van der Waals surface area contributed by atoms with E-state index < -0.39 is 0 Å². The third-order valence-electron chi connectivity index (χ3n) is 4.64. The molecule has 2 heterocycles. The molecule has 0 aliphatic carbocycles. The second-order valence-corrected chi connectivity index (χ2v) is 6.84. The van der Waals surface area contributed by atoms with Crippen molar-refractivity contribution in [3.63, 3.8) is 0 Å². The Morgan fingerprint density at radius 1 is 1.04 bits per heavy atom. The molecule has 0 radical (unpaired) electrons. The summed E-state index contributed by atoms with van der Waals surface area (Å²) in [7, 11) is 0. The van der Waals surface area contributed by atoms with Crippen molar-refractivity contribution in [2.45, 2.75) is 25.9 Å². The maximum absolute atomic E-state index is 5.71. The van der Waals surface area contributed by atoms with Crippen molar-refractivity contribution in [3.05, 3.63) is 66.2 Å². The van der Waals surface area contributed by atoms with Crippen molar-refractivity contribution in [2.75, 3.05) is 23.8 Å². The monoisotopic (exact) mass is 360 g/mol. The molecule has 4 rings (SSSR count). The molecule has 5 nitrogen and oxygen atoms in total. The Hall–Kier alpha value is -2.92. The molecule has 0 saturated carbocycles. The zero-order valence-electron chi connectivity index (χ0n) is 15.5. The topological polar surface area (TPSA) is 59.1 Å². The molecule has 1 saturated heterocycles. The average Bonchev–Trinajstić information content (AvgIpc) is 3.22. The first kappa shape index (κ1) is 17.5. The number of nitrogens with one attached hydrogen (secondary N) is 2.